The molecule has 2 aromatic carbocycles. The van der Waals surface area contributed by atoms with Crippen LogP contribution < -0.4 is 0 Å². The Bertz CT molecular complexity index is 1200. The largest absolute Gasteiger partial charge is 0.382 e. The zero-order chi connectivity index (χ0) is 27.4. The minimum absolute atomic E-state index is 0.0583. The number of aryl methyl sites for hydroxylation is 1. The minimum atomic E-state index is -0.981. The van der Waals surface area contributed by atoms with Gasteiger partial charge in [0.25, 0.3) is 0 Å². The summed E-state index contributed by atoms with van der Waals surface area (Å²) in [6.45, 7) is 6.60. The average Bonchev–Trinajstić information content (AvgIpc) is 3.70. The van der Waals surface area contributed by atoms with E-state index in [-0.39, 0.29) is 11.7 Å². The number of allylic oxidation sites excluding steroid dienone is 3. The molecule has 39 heavy (non-hydrogen) atoms. The third kappa shape index (κ3) is 6.87. The van der Waals surface area contributed by atoms with E-state index >= 15 is 0 Å². The van der Waals surface area contributed by atoms with E-state index in [4.69, 9.17) is 0 Å². The summed E-state index contributed by atoms with van der Waals surface area (Å²) in [5, 5.41) is 10.1. The van der Waals surface area contributed by atoms with E-state index in [0.29, 0.717) is 49.2 Å². The first kappa shape index (κ1) is 27.8. The second-order valence-electron chi connectivity index (χ2n) is 12.4. The maximum absolute atomic E-state index is 12.7. The van der Waals surface area contributed by atoms with Gasteiger partial charge in [-0.05, 0) is 110 Å². The molecule has 0 saturated heterocycles. The fourth-order valence-electron chi connectivity index (χ4n) is 6.47. The first-order valence-corrected chi connectivity index (χ1v) is 15.2. The summed E-state index contributed by atoms with van der Waals surface area (Å²) in [6, 6.07) is 17.3. The number of benzene rings is 2. The molecule has 206 valence electrons. The Kier molecular flexibility index (Phi) is 8.67. The van der Waals surface area contributed by atoms with Gasteiger partial charge in [-0.2, -0.15) is 0 Å². The number of ketones is 2. The summed E-state index contributed by atoms with van der Waals surface area (Å²) in [5.41, 5.74) is 5.01. The number of carbonyl (C=O) groups excluding carboxylic acids is 2. The van der Waals surface area contributed by atoms with Gasteiger partial charge in [0.15, 0.2) is 5.78 Å². The third-order valence-electron chi connectivity index (χ3n) is 9.51. The minimum Gasteiger partial charge on any atom is -0.382 e. The molecule has 0 aromatic heterocycles. The number of hydrogen-bond donors (Lipinski definition) is 1. The molecule has 0 heterocycles. The molecule has 0 radical (unpaired) electrons. The highest BCUT2D eigenvalue weighted by Gasteiger charge is 2.47. The highest BCUT2D eigenvalue weighted by atomic mass is 16.3. The molecule has 0 bridgehead atoms. The SMILES string of the molecule is C=C(c1ccc(-c2cccc(CCC(=O)C3CC(C=CCC)C3)c2)cc1)C1CCC(CC(=O)C2(O)CC2)CC1. The number of rotatable bonds is 12. The van der Waals surface area contributed by atoms with Crippen molar-refractivity contribution >= 4 is 17.1 Å². The van der Waals surface area contributed by atoms with Crippen LogP contribution in [-0.2, 0) is 16.0 Å². The van der Waals surface area contributed by atoms with Crippen LogP contribution >= 0.6 is 0 Å². The van der Waals surface area contributed by atoms with Gasteiger partial charge < -0.3 is 5.11 Å². The van der Waals surface area contributed by atoms with Crippen molar-refractivity contribution in [2.45, 2.75) is 89.6 Å². The van der Waals surface area contributed by atoms with Gasteiger partial charge in [-0.25, -0.2) is 0 Å². The van der Waals surface area contributed by atoms with Gasteiger partial charge in [-0.3, -0.25) is 9.59 Å². The Labute approximate surface area is 234 Å². The first-order chi connectivity index (χ1) is 18.8. The molecule has 0 spiro atoms. The van der Waals surface area contributed by atoms with Gasteiger partial charge in [-0.1, -0.05) is 74.2 Å². The van der Waals surface area contributed by atoms with Crippen molar-refractivity contribution in [2.75, 3.05) is 0 Å². The van der Waals surface area contributed by atoms with Crippen LogP contribution in [-0.4, -0.2) is 22.3 Å². The summed E-state index contributed by atoms with van der Waals surface area (Å²) in [4.78, 5) is 24.9. The van der Waals surface area contributed by atoms with Crippen molar-refractivity contribution in [2.24, 2.45) is 23.7 Å². The molecular formula is C36H44O3. The van der Waals surface area contributed by atoms with Crippen molar-refractivity contribution in [3.05, 3.63) is 78.4 Å². The summed E-state index contributed by atoms with van der Waals surface area (Å²) >= 11 is 0. The Morgan fingerprint density at radius 1 is 0.974 bits per heavy atom. The number of carbonyl (C=O) groups is 2. The lowest BCUT2D eigenvalue weighted by atomic mass is 9.71. The normalized spacial score (nSPS) is 25.7. The summed E-state index contributed by atoms with van der Waals surface area (Å²) < 4.78 is 0. The van der Waals surface area contributed by atoms with Crippen LogP contribution in [0, 0.1) is 23.7 Å². The van der Waals surface area contributed by atoms with Gasteiger partial charge in [0, 0.05) is 18.8 Å². The van der Waals surface area contributed by atoms with Crippen molar-refractivity contribution in [1.29, 1.82) is 0 Å². The molecule has 3 aliphatic carbocycles. The van der Waals surface area contributed by atoms with E-state index in [0.717, 1.165) is 51.4 Å². The molecule has 5 rings (SSSR count). The first-order valence-electron chi connectivity index (χ1n) is 15.2. The average molecular weight is 525 g/mol. The summed E-state index contributed by atoms with van der Waals surface area (Å²) in [7, 11) is 0. The zero-order valence-electron chi connectivity index (χ0n) is 23.5. The van der Waals surface area contributed by atoms with Crippen LogP contribution in [0.3, 0.4) is 0 Å². The van der Waals surface area contributed by atoms with Gasteiger partial charge in [0.05, 0.1) is 0 Å². The monoisotopic (exact) mass is 524 g/mol. The topological polar surface area (TPSA) is 54.4 Å². The smallest absolute Gasteiger partial charge is 0.164 e. The number of hydrogen-bond acceptors (Lipinski definition) is 3. The van der Waals surface area contributed by atoms with Crippen molar-refractivity contribution in [3.8, 4) is 11.1 Å². The lowest BCUT2D eigenvalue weighted by Gasteiger charge is -2.32. The predicted octanol–water partition coefficient (Wildman–Crippen LogP) is 8.15. The fraction of sp³-hybridized carbons (Fsp3) is 0.500. The standard InChI is InChI=1S/C36H44O3/c1-3-4-6-28-22-33(23-28)34(37)18-11-26-7-5-8-32(21-26)31-16-14-30(15-17-31)25(2)29-12-9-27(10-13-29)24-35(38)36(39)19-20-36/h4-8,14-17,21,27-29,33,39H,2-3,9-13,18-20,22-24H2,1H3. The van der Waals surface area contributed by atoms with E-state index in [9.17, 15) is 14.7 Å². The van der Waals surface area contributed by atoms with E-state index in [1.54, 1.807) is 0 Å². The Hall–Kier alpha value is -2.78. The molecular weight excluding hydrogens is 480 g/mol. The van der Waals surface area contributed by atoms with E-state index in [1.165, 1.54) is 27.8 Å². The van der Waals surface area contributed by atoms with E-state index in [2.05, 4.69) is 74.2 Å². The van der Waals surface area contributed by atoms with Crippen LogP contribution in [0.1, 0.15) is 88.7 Å². The van der Waals surface area contributed by atoms with E-state index < -0.39 is 5.60 Å². The van der Waals surface area contributed by atoms with Gasteiger partial charge in [-0.15, -0.1) is 0 Å². The second kappa shape index (κ2) is 12.2. The Morgan fingerprint density at radius 3 is 2.36 bits per heavy atom. The van der Waals surface area contributed by atoms with Gasteiger partial charge in [0.1, 0.15) is 11.4 Å². The summed E-state index contributed by atoms with van der Waals surface area (Å²) in [6.07, 6.45) is 15.1. The van der Waals surface area contributed by atoms with Crippen LogP contribution in [0.25, 0.3) is 16.7 Å². The predicted molar refractivity (Wildman–Crippen MR) is 159 cm³/mol. The van der Waals surface area contributed by atoms with Crippen molar-refractivity contribution in [3.63, 3.8) is 0 Å². The van der Waals surface area contributed by atoms with E-state index in [1.807, 2.05) is 0 Å². The number of aliphatic hydroxyl groups is 1. The molecule has 3 saturated carbocycles. The maximum Gasteiger partial charge on any atom is 0.164 e. The third-order valence-corrected chi connectivity index (χ3v) is 9.51. The second-order valence-corrected chi connectivity index (χ2v) is 12.4. The molecule has 2 aromatic rings. The molecule has 0 amide bonds. The van der Waals surface area contributed by atoms with Crippen LogP contribution in [0.4, 0.5) is 0 Å². The highest BCUT2D eigenvalue weighted by Crippen LogP contribution is 2.42. The van der Waals surface area contributed by atoms with Crippen molar-refractivity contribution in [1.82, 2.24) is 0 Å². The molecule has 3 nitrogen and oxygen atoms in total. The summed E-state index contributed by atoms with van der Waals surface area (Å²) in [5.74, 6) is 2.21. The zero-order valence-corrected chi connectivity index (χ0v) is 23.5. The Morgan fingerprint density at radius 2 is 1.69 bits per heavy atom. The molecule has 1 N–H and O–H groups in total. The molecule has 0 atom stereocenters. The molecule has 3 fully saturated rings. The highest BCUT2D eigenvalue weighted by molar-refractivity contribution is 5.90. The Balaban J connectivity index is 1.10. The molecule has 0 aliphatic heterocycles. The molecule has 3 heteroatoms. The molecule has 0 unspecified atom stereocenters. The molecule has 3 aliphatic rings. The number of Topliss-reactive ketones (excluding diaryl/α,β-unsaturated/α-hetero) is 2. The quantitative estimate of drug-likeness (QED) is 0.285. The van der Waals surface area contributed by atoms with Crippen LogP contribution in [0.15, 0.2) is 67.3 Å². The van der Waals surface area contributed by atoms with Crippen LogP contribution in [0.5, 0.6) is 0 Å². The lowest BCUT2D eigenvalue weighted by molar-refractivity contribution is -0.130. The fourth-order valence-corrected chi connectivity index (χ4v) is 6.47. The maximum atomic E-state index is 12.7. The lowest BCUT2D eigenvalue weighted by Crippen LogP contribution is -2.29. The van der Waals surface area contributed by atoms with Gasteiger partial charge >= 0.3 is 0 Å². The van der Waals surface area contributed by atoms with Crippen molar-refractivity contribution < 1.29 is 14.7 Å². The van der Waals surface area contributed by atoms with Crippen LogP contribution in [0.2, 0.25) is 0 Å². The van der Waals surface area contributed by atoms with Gasteiger partial charge in [0.2, 0.25) is 0 Å².